The fourth-order valence-electron chi connectivity index (χ4n) is 1.64. The number of nitrogens with zero attached hydrogens (tertiary/aromatic N) is 1. The van der Waals surface area contributed by atoms with E-state index in [1.807, 2.05) is 12.1 Å². The highest BCUT2D eigenvalue weighted by molar-refractivity contribution is 7.92. The van der Waals surface area contributed by atoms with Crippen LogP contribution in [0.1, 0.15) is 32.3 Å². The second kappa shape index (κ2) is 6.39. The van der Waals surface area contributed by atoms with E-state index in [-0.39, 0.29) is 12.3 Å². The van der Waals surface area contributed by atoms with Crippen molar-refractivity contribution >= 4 is 32.6 Å². The number of sulfonamides is 1. The van der Waals surface area contributed by atoms with Gasteiger partial charge in [-0.3, -0.25) is 9.10 Å². The van der Waals surface area contributed by atoms with Gasteiger partial charge in [0.1, 0.15) is 6.54 Å². The SMILES string of the molecule is CCS(=O)(=O)N(CC(=O)Cl)c1ccc(C(C)C)cc1. The van der Waals surface area contributed by atoms with Crippen LogP contribution in [-0.4, -0.2) is 26.0 Å². The van der Waals surface area contributed by atoms with Gasteiger partial charge >= 0.3 is 0 Å². The van der Waals surface area contributed by atoms with E-state index < -0.39 is 15.3 Å². The molecule has 1 aromatic carbocycles. The molecule has 4 nitrogen and oxygen atoms in total. The number of halogens is 1. The largest absolute Gasteiger partial charge is 0.279 e. The summed E-state index contributed by atoms with van der Waals surface area (Å²) in [6, 6.07) is 7.11. The molecule has 0 saturated heterocycles. The lowest BCUT2D eigenvalue weighted by molar-refractivity contribution is -0.110. The van der Waals surface area contributed by atoms with Crippen molar-refractivity contribution in [3.63, 3.8) is 0 Å². The van der Waals surface area contributed by atoms with E-state index in [0.717, 1.165) is 9.87 Å². The van der Waals surface area contributed by atoms with Crippen LogP contribution >= 0.6 is 11.6 Å². The van der Waals surface area contributed by atoms with Crippen LogP contribution in [0.4, 0.5) is 5.69 Å². The molecule has 0 aromatic heterocycles. The van der Waals surface area contributed by atoms with Crippen molar-refractivity contribution in [2.24, 2.45) is 0 Å². The first-order valence-electron chi connectivity index (χ1n) is 6.06. The number of benzene rings is 1. The second-order valence-electron chi connectivity index (χ2n) is 4.51. The second-order valence-corrected chi connectivity index (χ2v) is 7.11. The molecule has 19 heavy (non-hydrogen) atoms. The summed E-state index contributed by atoms with van der Waals surface area (Å²) in [6.45, 7) is 5.29. The highest BCUT2D eigenvalue weighted by Gasteiger charge is 2.22. The topological polar surface area (TPSA) is 54.5 Å². The minimum Gasteiger partial charge on any atom is -0.279 e. The molecular formula is C13H18ClNO3S. The van der Waals surface area contributed by atoms with E-state index in [0.29, 0.717) is 11.6 Å². The normalized spacial score (nSPS) is 11.6. The molecule has 0 aliphatic heterocycles. The maximum Gasteiger partial charge on any atom is 0.242 e. The Labute approximate surface area is 119 Å². The zero-order valence-electron chi connectivity index (χ0n) is 11.3. The Bertz CT molecular complexity index is 538. The predicted molar refractivity (Wildman–Crippen MR) is 78.2 cm³/mol. The van der Waals surface area contributed by atoms with Crippen molar-refractivity contribution in [3.05, 3.63) is 29.8 Å². The number of hydrogen-bond acceptors (Lipinski definition) is 3. The third-order valence-corrected chi connectivity index (χ3v) is 4.68. The number of rotatable bonds is 6. The van der Waals surface area contributed by atoms with Crippen LogP contribution in [0.3, 0.4) is 0 Å². The van der Waals surface area contributed by atoms with E-state index in [1.54, 1.807) is 12.1 Å². The molecule has 106 valence electrons. The van der Waals surface area contributed by atoms with Crippen molar-refractivity contribution in [2.75, 3.05) is 16.6 Å². The first-order valence-corrected chi connectivity index (χ1v) is 8.05. The van der Waals surface area contributed by atoms with Gasteiger partial charge in [0.25, 0.3) is 0 Å². The van der Waals surface area contributed by atoms with Gasteiger partial charge in [-0.05, 0) is 42.1 Å². The zero-order chi connectivity index (χ0) is 14.6. The van der Waals surface area contributed by atoms with Gasteiger partial charge in [0, 0.05) is 0 Å². The Morgan fingerprint density at radius 3 is 2.16 bits per heavy atom. The van der Waals surface area contributed by atoms with E-state index in [1.165, 1.54) is 6.92 Å². The molecule has 0 N–H and O–H groups in total. The number of carbonyl (C=O) groups is 1. The summed E-state index contributed by atoms with van der Waals surface area (Å²) in [5, 5.41) is -0.704. The first-order chi connectivity index (χ1) is 8.77. The Balaban J connectivity index is 3.15. The van der Waals surface area contributed by atoms with Gasteiger partial charge in [0.15, 0.2) is 0 Å². The molecule has 1 rings (SSSR count). The minimum atomic E-state index is -3.51. The molecule has 0 aliphatic rings. The summed E-state index contributed by atoms with van der Waals surface area (Å²) >= 11 is 5.32. The molecule has 0 atom stereocenters. The van der Waals surface area contributed by atoms with Crippen LogP contribution in [0, 0.1) is 0 Å². The molecule has 0 unspecified atom stereocenters. The zero-order valence-corrected chi connectivity index (χ0v) is 12.8. The highest BCUT2D eigenvalue weighted by Crippen LogP contribution is 2.22. The van der Waals surface area contributed by atoms with E-state index in [4.69, 9.17) is 11.6 Å². The molecule has 0 radical (unpaired) electrons. The maximum absolute atomic E-state index is 12.0. The van der Waals surface area contributed by atoms with Gasteiger partial charge in [-0.2, -0.15) is 0 Å². The fraction of sp³-hybridized carbons (Fsp3) is 0.462. The Kier molecular flexibility index (Phi) is 5.38. The number of hydrogen-bond donors (Lipinski definition) is 0. The molecule has 0 fully saturated rings. The third-order valence-electron chi connectivity index (χ3n) is 2.82. The van der Waals surface area contributed by atoms with Gasteiger partial charge in [0.2, 0.25) is 15.3 Å². The van der Waals surface area contributed by atoms with Crippen LogP contribution in [0.5, 0.6) is 0 Å². The van der Waals surface area contributed by atoms with Crippen LogP contribution < -0.4 is 4.31 Å². The number of carbonyl (C=O) groups excluding carboxylic acids is 1. The predicted octanol–water partition coefficient (Wildman–Crippen LogP) is 2.73. The smallest absolute Gasteiger partial charge is 0.242 e. The van der Waals surface area contributed by atoms with Gasteiger partial charge in [-0.15, -0.1) is 0 Å². The molecule has 0 heterocycles. The molecule has 0 amide bonds. The highest BCUT2D eigenvalue weighted by atomic mass is 35.5. The van der Waals surface area contributed by atoms with E-state index >= 15 is 0 Å². The molecule has 1 aromatic rings. The van der Waals surface area contributed by atoms with Crippen molar-refractivity contribution in [1.82, 2.24) is 0 Å². The van der Waals surface area contributed by atoms with Crippen molar-refractivity contribution in [3.8, 4) is 0 Å². The maximum atomic E-state index is 12.0. The first kappa shape index (κ1) is 16.0. The molecule has 0 bridgehead atoms. The summed E-state index contributed by atoms with van der Waals surface area (Å²) in [5.74, 6) is 0.281. The van der Waals surface area contributed by atoms with Crippen LogP contribution in [0.2, 0.25) is 0 Å². The molecule has 0 spiro atoms. The minimum absolute atomic E-state index is 0.0803. The standard InChI is InChI=1S/C13H18ClNO3S/c1-4-19(17,18)15(9-13(14)16)12-7-5-11(6-8-12)10(2)3/h5-8,10H,4,9H2,1-3H3. The lowest BCUT2D eigenvalue weighted by atomic mass is 10.0. The van der Waals surface area contributed by atoms with E-state index in [2.05, 4.69) is 13.8 Å². The Morgan fingerprint density at radius 2 is 1.79 bits per heavy atom. The van der Waals surface area contributed by atoms with Crippen LogP contribution in [0.25, 0.3) is 0 Å². The number of anilines is 1. The Morgan fingerprint density at radius 1 is 1.26 bits per heavy atom. The van der Waals surface area contributed by atoms with E-state index in [9.17, 15) is 13.2 Å². The summed E-state index contributed by atoms with van der Waals surface area (Å²) in [7, 11) is -3.51. The van der Waals surface area contributed by atoms with Crippen LogP contribution in [-0.2, 0) is 14.8 Å². The average Bonchev–Trinajstić information content (AvgIpc) is 2.35. The van der Waals surface area contributed by atoms with Crippen molar-refractivity contribution in [1.29, 1.82) is 0 Å². The lowest BCUT2D eigenvalue weighted by Crippen LogP contribution is -2.35. The molecule has 0 saturated carbocycles. The monoisotopic (exact) mass is 303 g/mol. The van der Waals surface area contributed by atoms with Crippen molar-refractivity contribution in [2.45, 2.75) is 26.7 Å². The van der Waals surface area contributed by atoms with Gasteiger partial charge < -0.3 is 0 Å². The fourth-order valence-corrected chi connectivity index (χ4v) is 2.90. The summed E-state index contributed by atoms with van der Waals surface area (Å²) in [5.41, 5.74) is 1.56. The average molecular weight is 304 g/mol. The summed E-state index contributed by atoms with van der Waals surface area (Å²) < 4.78 is 25.0. The molecular weight excluding hydrogens is 286 g/mol. The summed E-state index contributed by atoms with van der Waals surface area (Å²) in [4.78, 5) is 11.0. The quantitative estimate of drug-likeness (QED) is 0.759. The summed E-state index contributed by atoms with van der Waals surface area (Å²) in [6.07, 6.45) is 0. The molecule has 0 aliphatic carbocycles. The van der Waals surface area contributed by atoms with Crippen molar-refractivity contribution < 1.29 is 13.2 Å². The van der Waals surface area contributed by atoms with Gasteiger partial charge in [-0.25, -0.2) is 8.42 Å². The lowest BCUT2D eigenvalue weighted by Gasteiger charge is -2.22. The van der Waals surface area contributed by atoms with Gasteiger partial charge in [0.05, 0.1) is 11.4 Å². The molecule has 6 heteroatoms. The third kappa shape index (κ3) is 4.21. The van der Waals surface area contributed by atoms with Crippen LogP contribution in [0.15, 0.2) is 24.3 Å². The Hall–Kier alpha value is -1.07. The van der Waals surface area contributed by atoms with Gasteiger partial charge in [-0.1, -0.05) is 26.0 Å².